The van der Waals surface area contributed by atoms with Crippen LogP contribution in [0.15, 0.2) is 23.1 Å². The molecule has 21 heavy (non-hydrogen) atoms. The first kappa shape index (κ1) is 16.3. The molecule has 1 unspecified atom stereocenters. The second-order valence-corrected chi connectivity index (χ2v) is 7.21. The van der Waals surface area contributed by atoms with Gasteiger partial charge < -0.3 is 4.90 Å². The van der Waals surface area contributed by atoms with Crippen LogP contribution in [0.4, 0.5) is 0 Å². The fraction of sp³-hybridized carbons (Fsp3) is 0.500. The van der Waals surface area contributed by atoms with Crippen LogP contribution in [0, 0.1) is 0 Å². The number of nitrogens with two attached hydrogens (primary N) is 1. The molecule has 1 heterocycles. The van der Waals surface area contributed by atoms with Crippen LogP contribution in [0.25, 0.3) is 0 Å². The number of carbonyl (C=O) groups excluding carboxylic acids is 1. The van der Waals surface area contributed by atoms with Crippen molar-refractivity contribution >= 4 is 27.5 Å². The van der Waals surface area contributed by atoms with Crippen molar-refractivity contribution in [3.8, 4) is 0 Å². The van der Waals surface area contributed by atoms with Gasteiger partial charge in [0.2, 0.25) is 10.0 Å². The number of carbonyl (C=O) groups is 1. The van der Waals surface area contributed by atoms with E-state index >= 15 is 0 Å². The Hall–Kier alpha value is -1.11. The zero-order valence-electron chi connectivity index (χ0n) is 11.9. The van der Waals surface area contributed by atoms with Crippen LogP contribution in [0.2, 0.25) is 5.02 Å². The first-order valence-electron chi connectivity index (χ1n) is 6.98. The van der Waals surface area contributed by atoms with Gasteiger partial charge in [-0.15, -0.1) is 0 Å². The number of hydrogen-bond acceptors (Lipinski definition) is 3. The number of likely N-dealkylation sites (tertiary alicyclic amines) is 1. The summed E-state index contributed by atoms with van der Waals surface area (Å²) in [7, 11) is -3.85. The molecule has 1 aliphatic heterocycles. The highest BCUT2D eigenvalue weighted by molar-refractivity contribution is 7.89. The smallest absolute Gasteiger partial charge is 0.255 e. The lowest BCUT2D eigenvalue weighted by atomic mass is 9.99. The maximum Gasteiger partial charge on any atom is 0.255 e. The van der Waals surface area contributed by atoms with E-state index in [2.05, 4.69) is 0 Å². The molecule has 0 radical (unpaired) electrons. The summed E-state index contributed by atoms with van der Waals surface area (Å²) in [6.45, 7) is 2.71. The number of rotatable bonds is 3. The molecule has 0 saturated carbocycles. The van der Waals surface area contributed by atoms with E-state index in [1.165, 1.54) is 18.2 Å². The average Bonchev–Trinajstić information content (AvgIpc) is 2.45. The largest absolute Gasteiger partial charge is 0.336 e. The van der Waals surface area contributed by atoms with Crippen molar-refractivity contribution < 1.29 is 13.2 Å². The number of benzene rings is 1. The Bertz CT molecular complexity index is 646. The molecule has 0 aromatic heterocycles. The predicted octanol–water partition coefficient (Wildman–Crippen LogP) is 2.39. The van der Waals surface area contributed by atoms with Gasteiger partial charge >= 0.3 is 0 Å². The Morgan fingerprint density at radius 2 is 2.14 bits per heavy atom. The van der Waals surface area contributed by atoms with Gasteiger partial charge in [-0.05, 0) is 43.9 Å². The molecule has 1 fully saturated rings. The number of sulfonamides is 1. The highest BCUT2D eigenvalue weighted by Crippen LogP contribution is 2.26. The Kier molecular flexibility index (Phi) is 4.91. The number of primary sulfonamides is 1. The van der Waals surface area contributed by atoms with Gasteiger partial charge in [0.1, 0.15) is 0 Å². The van der Waals surface area contributed by atoms with Crippen molar-refractivity contribution in [1.29, 1.82) is 0 Å². The summed E-state index contributed by atoms with van der Waals surface area (Å²) in [6.07, 6.45) is 3.90. The minimum atomic E-state index is -3.85. The quantitative estimate of drug-likeness (QED) is 0.924. The molecular formula is C14H19ClN2O3S. The molecule has 1 aromatic rings. The van der Waals surface area contributed by atoms with E-state index in [-0.39, 0.29) is 27.4 Å². The molecule has 1 amide bonds. The lowest BCUT2D eigenvalue weighted by molar-refractivity contribution is 0.0608. The number of hydrogen-bond donors (Lipinski definition) is 1. The molecule has 1 aliphatic rings. The van der Waals surface area contributed by atoms with E-state index in [1.54, 1.807) is 4.90 Å². The molecule has 2 rings (SSSR count). The lowest BCUT2D eigenvalue weighted by Gasteiger charge is -2.35. The first-order valence-corrected chi connectivity index (χ1v) is 8.90. The van der Waals surface area contributed by atoms with Gasteiger partial charge in [-0.25, -0.2) is 13.6 Å². The molecular weight excluding hydrogens is 312 g/mol. The summed E-state index contributed by atoms with van der Waals surface area (Å²) >= 11 is 6.07. The normalized spacial score (nSPS) is 19.6. The minimum Gasteiger partial charge on any atom is -0.336 e. The van der Waals surface area contributed by atoms with Crippen LogP contribution >= 0.6 is 11.6 Å². The van der Waals surface area contributed by atoms with Crippen molar-refractivity contribution in [1.82, 2.24) is 4.90 Å². The Morgan fingerprint density at radius 1 is 1.43 bits per heavy atom. The number of nitrogens with zero attached hydrogens (tertiary/aromatic N) is 1. The van der Waals surface area contributed by atoms with E-state index in [0.29, 0.717) is 6.54 Å². The molecule has 0 aliphatic carbocycles. The average molecular weight is 331 g/mol. The van der Waals surface area contributed by atoms with Crippen LogP contribution in [-0.4, -0.2) is 31.8 Å². The highest BCUT2D eigenvalue weighted by Gasteiger charge is 2.28. The summed E-state index contributed by atoms with van der Waals surface area (Å²) < 4.78 is 22.9. The van der Waals surface area contributed by atoms with Crippen LogP contribution < -0.4 is 5.14 Å². The fourth-order valence-electron chi connectivity index (χ4n) is 2.69. The molecule has 7 heteroatoms. The van der Waals surface area contributed by atoms with E-state index in [1.807, 2.05) is 6.92 Å². The van der Waals surface area contributed by atoms with Crippen molar-refractivity contribution in [3.63, 3.8) is 0 Å². The standard InChI is InChI=1S/C14H19ClN2O3S/c1-2-10-5-3-4-8-17(10)14(18)12-9-11(21(16,19)20)6-7-13(12)15/h6-7,9-10H,2-5,8H2,1H3,(H2,16,19,20). The van der Waals surface area contributed by atoms with Crippen molar-refractivity contribution in [2.24, 2.45) is 5.14 Å². The summed E-state index contributed by atoms with van der Waals surface area (Å²) in [5, 5.41) is 5.36. The van der Waals surface area contributed by atoms with Crippen LogP contribution in [0.1, 0.15) is 43.0 Å². The summed E-state index contributed by atoms with van der Waals surface area (Å²) in [6, 6.07) is 4.16. The van der Waals surface area contributed by atoms with Gasteiger partial charge in [-0.2, -0.15) is 0 Å². The van der Waals surface area contributed by atoms with E-state index in [0.717, 1.165) is 25.7 Å². The molecule has 5 nitrogen and oxygen atoms in total. The van der Waals surface area contributed by atoms with Gasteiger partial charge in [0.25, 0.3) is 5.91 Å². The van der Waals surface area contributed by atoms with Crippen molar-refractivity contribution in [3.05, 3.63) is 28.8 Å². The van der Waals surface area contributed by atoms with Gasteiger partial charge in [-0.3, -0.25) is 4.79 Å². The minimum absolute atomic E-state index is 0.0969. The second-order valence-electron chi connectivity index (χ2n) is 5.24. The molecule has 2 N–H and O–H groups in total. The molecule has 1 atom stereocenters. The summed E-state index contributed by atoms with van der Waals surface area (Å²) in [4.78, 5) is 14.4. The topological polar surface area (TPSA) is 80.5 Å². The third kappa shape index (κ3) is 3.56. The van der Waals surface area contributed by atoms with Gasteiger partial charge in [0.15, 0.2) is 0 Å². The molecule has 0 bridgehead atoms. The molecule has 1 aromatic carbocycles. The number of piperidine rings is 1. The number of amides is 1. The Balaban J connectivity index is 2.38. The SMILES string of the molecule is CCC1CCCCN1C(=O)c1cc(S(N)(=O)=O)ccc1Cl. The van der Waals surface area contributed by atoms with E-state index < -0.39 is 10.0 Å². The third-order valence-electron chi connectivity index (χ3n) is 3.86. The first-order chi connectivity index (χ1) is 9.84. The fourth-order valence-corrected chi connectivity index (χ4v) is 3.43. The maximum absolute atomic E-state index is 12.7. The van der Waals surface area contributed by atoms with Crippen molar-refractivity contribution in [2.45, 2.75) is 43.5 Å². The summed E-state index contributed by atoms with van der Waals surface area (Å²) in [5.74, 6) is -0.225. The predicted molar refractivity (Wildman–Crippen MR) is 81.8 cm³/mol. The van der Waals surface area contributed by atoms with Crippen LogP contribution in [0.5, 0.6) is 0 Å². The van der Waals surface area contributed by atoms with Gasteiger partial charge in [0.05, 0.1) is 15.5 Å². The van der Waals surface area contributed by atoms with Gasteiger partial charge in [-0.1, -0.05) is 18.5 Å². The molecule has 1 saturated heterocycles. The maximum atomic E-state index is 12.7. The number of halogens is 1. The zero-order chi connectivity index (χ0) is 15.6. The van der Waals surface area contributed by atoms with Crippen LogP contribution in [-0.2, 0) is 10.0 Å². The monoisotopic (exact) mass is 330 g/mol. The lowest BCUT2D eigenvalue weighted by Crippen LogP contribution is -2.43. The van der Waals surface area contributed by atoms with Crippen LogP contribution in [0.3, 0.4) is 0 Å². The van der Waals surface area contributed by atoms with Gasteiger partial charge in [0, 0.05) is 12.6 Å². The second kappa shape index (κ2) is 6.34. The molecule has 0 spiro atoms. The molecule has 116 valence electrons. The van der Waals surface area contributed by atoms with E-state index in [4.69, 9.17) is 16.7 Å². The highest BCUT2D eigenvalue weighted by atomic mass is 35.5. The Labute approximate surface area is 130 Å². The van der Waals surface area contributed by atoms with E-state index in [9.17, 15) is 13.2 Å². The Morgan fingerprint density at radius 3 is 2.76 bits per heavy atom. The zero-order valence-corrected chi connectivity index (χ0v) is 13.5. The van der Waals surface area contributed by atoms with Crippen molar-refractivity contribution in [2.75, 3.05) is 6.54 Å². The summed E-state index contributed by atoms with van der Waals surface area (Å²) in [5.41, 5.74) is 0.198. The third-order valence-corrected chi connectivity index (χ3v) is 5.10.